The second-order valence-corrected chi connectivity index (χ2v) is 2.59. The van der Waals surface area contributed by atoms with Crippen LogP contribution in [0.5, 0.6) is 0 Å². The summed E-state index contributed by atoms with van der Waals surface area (Å²) in [6.07, 6.45) is 1.91. The Bertz CT molecular complexity index is 203. The molecule has 11 heavy (non-hydrogen) atoms. The molecule has 2 nitrogen and oxygen atoms in total. The first kappa shape index (κ1) is 8.21. The number of rotatable bonds is 3. The molecular formula is C9H14N2. The largest absolute Gasteiger partial charge is 0.313 e. The molecule has 1 aromatic heterocycles. The quantitative estimate of drug-likeness (QED) is 0.706. The van der Waals surface area contributed by atoms with Crippen LogP contribution in [0.3, 0.4) is 0 Å². The number of pyridine rings is 1. The van der Waals surface area contributed by atoms with E-state index in [2.05, 4.69) is 23.3 Å². The van der Waals surface area contributed by atoms with E-state index in [1.54, 1.807) is 0 Å². The van der Waals surface area contributed by atoms with Gasteiger partial charge in [-0.3, -0.25) is 4.98 Å². The maximum Gasteiger partial charge on any atom is 0.0372 e. The molecule has 60 valence electrons. The van der Waals surface area contributed by atoms with Gasteiger partial charge < -0.3 is 5.32 Å². The highest BCUT2D eigenvalue weighted by Crippen LogP contribution is 1.97. The van der Waals surface area contributed by atoms with E-state index in [1.165, 1.54) is 5.56 Å². The summed E-state index contributed by atoms with van der Waals surface area (Å²) >= 11 is 0. The summed E-state index contributed by atoms with van der Waals surface area (Å²) in [7, 11) is 0. The molecule has 1 aromatic rings. The molecule has 0 bridgehead atoms. The normalized spacial score (nSPS) is 10.0. The van der Waals surface area contributed by atoms with Crippen LogP contribution < -0.4 is 5.32 Å². The molecule has 0 spiro atoms. The highest BCUT2D eigenvalue weighted by Gasteiger charge is 1.90. The van der Waals surface area contributed by atoms with Crippen LogP contribution in [0.4, 0.5) is 0 Å². The SMILES string of the molecule is CCNCc1ccc(C)nc1. The standard InChI is InChI=1S/C9H14N2/c1-3-10-6-9-5-4-8(2)11-7-9/h4-5,7,10H,3,6H2,1-2H3. The fraction of sp³-hybridized carbons (Fsp3) is 0.444. The zero-order valence-corrected chi connectivity index (χ0v) is 7.09. The smallest absolute Gasteiger partial charge is 0.0372 e. The van der Waals surface area contributed by atoms with Gasteiger partial charge in [0.1, 0.15) is 0 Å². The van der Waals surface area contributed by atoms with Crippen LogP contribution in [0.25, 0.3) is 0 Å². The fourth-order valence-corrected chi connectivity index (χ4v) is 0.872. The van der Waals surface area contributed by atoms with Crippen LogP contribution in [0.2, 0.25) is 0 Å². The number of hydrogen-bond acceptors (Lipinski definition) is 2. The van der Waals surface area contributed by atoms with Gasteiger partial charge >= 0.3 is 0 Å². The molecule has 0 saturated carbocycles. The van der Waals surface area contributed by atoms with E-state index in [-0.39, 0.29) is 0 Å². The van der Waals surface area contributed by atoms with Crippen molar-refractivity contribution < 1.29 is 0 Å². The van der Waals surface area contributed by atoms with E-state index in [9.17, 15) is 0 Å². The van der Waals surface area contributed by atoms with E-state index in [4.69, 9.17) is 0 Å². The second kappa shape index (κ2) is 4.09. The van der Waals surface area contributed by atoms with Gasteiger partial charge in [-0.2, -0.15) is 0 Å². The third-order valence-corrected chi connectivity index (χ3v) is 1.55. The van der Waals surface area contributed by atoms with Crippen molar-refractivity contribution in [2.75, 3.05) is 6.54 Å². The Morgan fingerprint density at radius 1 is 1.45 bits per heavy atom. The fourth-order valence-electron chi connectivity index (χ4n) is 0.872. The molecule has 0 aliphatic heterocycles. The summed E-state index contributed by atoms with van der Waals surface area (Å²) in [5.74, 6) is 0. The first-order valence-electron chi connectivity index (χ1n) is 3.95. The molecule has 0 aliphatic rings. The number of nitrogens with one attached hydrogen (secondary N) is 1. The molecule has 0 fully saturated rings. The topological polar surface area (TPSA) is 24.9 Å². The lowest BCUT2D eigenvalue weighted by molar-refractivity contribution is 0.724. The Hall–Kier alpha value is -0.890. The van der Waals surface area contributed by atoms with Crippen molar-refractivity contribution in [3.8, 4) is 0 Å². The van der Waals surface area contributed by atoms with E-state index >= 15 is 0 Å². The lowest BCUT2D eigenvalue weighted by Gasteiger charge is -2.00. The first-order valence-corrected chi connectivity index (χ1v) is 3.95. The van der Waals surface area contributed by atoms with E-state index < -0.39 is 0 Å². The molecule has 1 N–H and O–H groups in total. The van der Waals surface area contributed by atoms with Crippen LogP contribution in [-0.4, -0.2) is 11.5 Å². The molecular weight excluding hydrogens is 136 g/mol. The van der Waals surface area contributed by atoms with E-state index in [0.29, 0.717) is 0 Å². The molecule has 0 saturated heterocycles. The van der Waals surface area contributed by atoms with Crippen molar-refractivity contribution in [2.45, 2.75) is 20.4 Å². The molecule has 1 heterocycles. The Kier molecular flexibility index (Phi) is 3.05. The molecule has 0 atom stereocenters. The Balaban J connectivity index is 2.52. The van der Waals surface area contributed by atoms with Gasteiger partial charge in [-0.15, -0.1) is 0 Å². The van der Waals surface area contributed by atoms with Crippen LogP contribution >= 0.6 is 0 Å². The Morgan fingerprint density at radius 2 is 2.27 bits per heavy atom. The van der Waals surface area contributed by atoms with Gasteiger partial charge in [0.25, 0.3) is 0 Å². The molecule has 0 unspecified atom stereocenters. The zero-order chi connectivity index (χ0) is 8.10. The number of nitrogens with zero attached hydrogens (tertiary/aromatic N) is 1. The molecule has 1 rings (SSSR count). The number of aryl methyl sites for hydroxylation is 1. The predicted molar refractivity (Wildman–Crippen MR) is 46.4 cm³/mol. The molecule has 0 amide bonds. The summed E-state index contributed by atoms with van der Waals surface area (Å²) in [6.45, 7) is 6.02. The van der Waals surface area contributed by atoms with Crippen LogP contribution in [0.15, 0.2) is 18.3 Å². The molecule has 0 aliphatic carbocycles. The Morgan fingerprint density at radius 3 is 2.82 bits per heavy atom. The highest BCUT2D eigenvalue weighted by molar-refractivity contribution is 5.12. The lowest BCUT2D eigenvalue weighted by Crippen LogP contribution is -2.11. The van der Waals surface area contributed by atoms with Gasteiger partial charge in [-0.25, -0.2) is 0 Å². The van der Waals surface area contributed by atoms with Crippen LogP contribution in [0.1, 0.15) is 18.2 Å². The van der Waals surface area contributed by atoms with Gasteiger partial charge in [-0.1, -0.05) is 13.0 Å². The number of hydrogen-bond donors (Lipinski definition) is 1. The van der Waals surface area contributed by atoms with Gasteiger partial charge in [0.2, 0.25) is 0 Å². The average Bonchev–Trinajstić information content (AvgIpc) is 2.04. The lowest BCUT2D eigenvalue weighted by atomic mass is 10.2. The second-order valence-electron chi connectivity index (χ2n) is 2.59. The monoisotopic (exact) mass is 150 g/mol. The molecule has 2 heteroatoms. The van der Waals surface area contributed by atoms with Crippen LogP contribution in [0, 0.1) is 6.92 Å². The minimum absolute atomic E-state index is 0.920. The third kappa shape index (κ3) is 2.68. The maximum absolute atomic E-state index is 4.19. The van der Waals surface area contributed by atoms with Crippen molar-refractivity contribution in [1.29, 1.82) is 0 Å². The summed E-state index contributed by atoms with van der Waals surface area (Å²) in [5, 5.41) is 3.24. The van der Waals surface area contributed by atoms with Gasteiger partial charge in [-0.05, 0) is 25.1 Å². The summed E-state index contributed by atoms with van der Waals surface area (Å²) in [5.41, 5.74) is 2.32. The molecule has 0 aromatic carbocycles. The van der Waals surface area contributed by atoms with E-state index in [1.807, 2.05) is 19.2 Å². The predicted octanol–water partition coefficient (Wildman–Crippen LogP) is 1.50. The minimum Gasteiger partial charge on any atom is -0.313 e. The van der Waals surface area contributed by atoms with Crippen molar-refractivity contribution in [2.24, 2.45) is 0 Å². The van der Waals surface area contributed by atoms with Gasteiger partial charge in [0.05, 0.1) is 0 Å². The first-order chi connectivity index (χ1) is 5.33. The highest BCUT2D eigenvalue weighted by atomic mass is 14.8. The molecule has 0 radical (unpaired) electrons. The zero-order valence-electron chi connectivity index (χ0n) is 7.09. The summed E-state index contributed by atoms with van der Waals surface area (Å²) in [4.78, 5) is 4.19. The van der Waals surface area contributed by atoms with Crippen molar-refractivity contribution >= 4 is 0 Å². The maximum atomic E-state index is 4.19. The Labute approximate surface area is 67.7 Å². The van der Waals surface area contributed by atoms with Gasteiger partial charge in [0.15, 0.2) is 0 Å². The van der Waals surface area contributed by atoms with E-state index in [0.717, 1.165) is 18.8 Å². The summed E-state index contributed by atoms with van der Waals surface area (Å²) < 4.78 is 0. The van der Waals surface area contributed by atoms with Crippen molar-refractivity contribution in [3.63, 3.8) is 0 Å². The third-order valence-electron chi connectivity index (χ3n) is 1.55. The summed E-state index contributed by atoms with van der Waals surface area (Å²) in [6, 6.07) is 4.14. The van der Waals surface area contributed by atoms with Gasteiger partial charge in [0, 0.05) is 18.4 Å². The minimum atomic E-state index is 0.920. The number of aromatic nitrogens is 1. The average molecular weight is 150 g/mol. The van der Waals surface area contributed by atoms with Crippen molar-refractivity contribution in [1.82, 2.24) is 10.3 Å². The van der Waals surface area contributed by atoms with Crippen LogP contribution in [-0.2, 0) is 6.54 Å². The van der Waals surface area contributed by atoms with Crippen molar-refractivity contribution in [3.05, 3.63) is 29.6 Å².